The van der Waals surface area contributed by atoms with E-state index in [1.807, 2.05) is 54.1 Å². The van der Waals surface area contributed by atoms with Gasteiger partial charge in [0.25, 0.3) is 5.56 Å². The number of carbonyl (C=O) groups is 1. The molecule has 0 atom stereocenters. The second-order valence-electron chi connectivity index (χ2n) is 5.82. The number of carbonyl (C=O) groups excluding carboxylic acids is 1. The quantitative estimate of drug-likeness (QED) is 0.494. The number of nitrogens with one attached hydrogen (secondary N) is 1. The molecule has 27 heavy (non-hydrogen) atoms. The van der Waals surface area contributed by atoms with Crippen molar-refractivity contribution in [2.24, 2.45) is 0 Å². The Morgan fingerprint density at radius 2 is 2.07 bits per heavy atom. The zero-order chi connectivity index (χ0) is 18.8. The van der Waals surface area contributed by atoms with Crippen molar-refractivity contribution in [3.63, 3.8) is 0 Å². The Hall–Kier alpha value is -2.42. The number of hydrogen-bond acceptors (Lipinski definition) is 6. The molecule has 8 heteroatoms. The SMILES string of the molecule is Cc1ccccc1SCC(=O)Nn1cnc2scc(-c3cccs3)c2c1=O. The molecule has 0 unspecified atom stereocenters. The van der Waals surface area contributed by atoms with Crippen molar-refractivity contribution in [1.82, 2.24) is 9.66 Å². The Bertz CT molecular complexity index is 1160. The molecule has 0 radical (unpaired) electrons. The van der Waals surface area contributed by atoms with Crippen LogP contribution in [0.15, 0.2) is 63.2 Å². The van der Waals surface area contributed by atoms with Gasteiger partial charge in [-0.2, -0.15) is 0 Å². The highest BCUT2D eigenvalue weighted by Gasteiger charge is 2.15. The Balaban J connectivity index is 1.56. The van der Waals surface area contributed by atoms with E-state index in [2.05, 4.69) is 10.4 Å². The van der Waals surface area contributed by atoms with Gasteiger partial charge in [-0.05, 0) is 30.0 Å². The number of benzene rings is 1. The number of amides is 1. The van der Waals surface area contributed by atoms with E-state index in [4.69, 9.17) is 0 Å². The Morgan fingerprint density at radius 1 is 1.22 bits per heavy atom. The van der Waals surface area contributed by atoms with Crippen LogP contribution in [0.5, 0.6) is 0 Å². The van der Waals surface area contributed by atoms with Crippen LogP contribution in [0.3, 0.4) is 0 Å². The minimum absolute atomic E-state index is 0.219. The van der Waals surface area contributed by atoms with E-state index in [0.29, 0.717) is 10.2 Å². The molecule has 0 fully saturated rings. The molecule has 0 saturated heterocycles. The summed E-state index contributed by atoms with van der Waals surface area (Å²) < 4.78 is 1.17. The summed E-state index contributed by atoms with van der Waals surface area (Å²) in [5.41, 5.74) is 4.36. The number of aryl methyl sites for hydroxylation is 1. The van der Waals surface area contributed by atoms with Gasteiger partial charge in [0, 0.05) is 20.7 Å². The molecule has 0 aliphatic heterocycles. The van der Waals surface area contributed by atoms with Crippen LogP contribution in [0.1, 0.15) is 5.56 Å². The molecule has 0 spiro atoms. The summed E-state index contributed by atoms with van der Waals surface area (Å²) >= 11 is 4.44. The van der Waals surface area contributed by atoms with Crippen LogP contribution in [0.4, 0.5) is 0 Å². The Kier molecular flexibility index (Phi) is 5.11. The molecular formula is C19H15N3O2S3. The van der Waals surface area contributed by atoms with Crippen molar-refractivity contribution in [3.05, 3.63) is 69.4 Å². The van der Waals surface area contributed by atoms with Gasteiger partial charge in [0.05, 0.1) is 11.1 Å². The summed E-state index contributed by atoms with van der Waals surface area (Å²) in [4.78, 5) is 32.3. The third kappa shape index (κ3) is 3.69. The van der Waals surface area contributed by atoms with E-state index >= 15 is 0 Å². The zero-order valence-electron chi connectivity index (χ0n) is 14.3. The van der Waals surface area contributed by atoms with Gasteiger partial charge in [0.1, 0.15) is 11.2 Å². The van der Waals surface area contributed by atoms with E-state index in [9.17, 15) is 9.59 Å². The molecule has 3 aromatic heterocycles. The molecule has 5 nitrogen and oxygen atoms in total. The molecule has 3 heterocycles. The number of aromatic nitrogens is 2. The fourth-order valence-corrected chi connectivity index (χ4v) is 5.20. The fourth-order valence-electron chi connectivity index (χ4n) is 2.65. The maximum atomic E-state index is 12.9. The molecule has 1 amide bonds. The van der Waals surface area contributed by atoms with Gasteiger partial charge < -0.3 is 0 Å². The summed E-state index contributed by atoms with van der Waals surface area (Å²) in [5.74, 6) is -0.0316. The largest absolute Gasteiger partial charge is 0.281 e. The van der Waals surface area contributed by atoms with Crippen molar-refractivity contribution in [3.8, 4) is 10.4 Å². The van der Waals surface area contributed by atoms with Crippen molar-refractivity contribution < 1.29 is 4.79 Å². The molecule has 0 aliphatic rings. The number of fused-ring (bicyclic) bond motifs is 1. The highest BCUT2D eigenvalue weighted by molar-refractivity contribution is 8.00. The molecule has 1 aromatic carbocycles. The predicted molar refractivity (Wildman–Crippen MR) is 113 cm³/mol. The van der Waals surface area contributed by atoms with Crippen molar-refractivity contribution >= 4 is 50.6 Å². The lowest BCUT2D eigenvalue weighted by atomic mass is 10.2. The van der Waals surface area contributed by atoms with Gasteiger partial charge in [-0.25, -0.2) is 9.66 Å². The first-order chi connectivity index (χ1) is 13.1. The van der Waals surface area contributed by atoms with Gasteiger partial charge in [0.2, 0.25) is 5.91 Å². The Morgan fingerprint density at radius 3 is 2.85 bits per heavy atom. The van der Waals surface area contributed by atoms with Crippen LogP contribution in [0.2, 0.25) is 0 Å². The summed E-state index contributed by atoms with van der Waals surface area (Å²) in [6.45, 7) is 2.01. The average molecular weight is 414 g/mol. The van der Waals surface area contributed by atoms with Crippen LogP contribution in [-0.2, 0) is 4.79 Å². The van der Waals surface area contributed by atoms with E-state index in [0.717, 1.165) is 20.9 Å². The minimum Gasteiger partial charge on any atom is -0.272 e. The lowest BCUT2D eigenvalue weighted by molar-refractivity contribution is -0.114. The second kappa shape index (κ2) is 7.67. The summed E-state index contributed by atoms with van der Waals surface area (Å²) in [7, 11) is 0. The summed E-state index contributed by atoms with van der Waals surface area (Å²) in [6.07, 6.45) is 1.37. The number of thioether (sulfide) groups is 1. The highest BCUT2D eigenvalue weighted by Crippen LogP contribution is 2.33. The average Bonchev–Trinajstić information content (AvgIpc) is 3.33. The first-order valence-electron chi connectivity index (χ1n) is 8.14. The van der Waals surface area contributed by atoms with E-state index in [1.165, 1.54) is 34.1 Å². The van der Waals surface area contributed by atoms with Crippen LogP contribution >= 0.6 is 34.4 Å². The standard InChI is InChI=1S/C19H15N3O2S3/c1-12-5-2-3-6-14(12)26-10-16(23)21-22-11-20-18-17(19(22)24)13(9-27-18)15-7-4-8-25-15/h2-9,11H,10H2,1H3,(H,21,23). The number of rotatable bonds is 5. The molecule has 0 saturated carbocycles. The summed E-state index contributed by atoms with van der Waals surface area (Å²) in [6, 6.07) is 11.8. The predicted octanol–water partition coefficient (Wildman–Crippen LogP) is 4.36. The van der Waals surface area contributed by atoms with Gasteiger partial charge in [-0.15, -0.1) is 34.4 Å². The van der Waals surface area contributed by atoms with Crippen molar-refractivity contribution in [2.75, 3.05) is 11.2 Å². The minimum atomic E-state index is -0.265. The highest BCUT2D eigenvalue weighted by atomic mass is 32.2. The normalized spacial score (nSPS) is 11.0. The van der Waals surface area contributed by atoms with Crippen LogP contribution in [-0.4, -0.2) is 21.3 Å². The van der Waals surface area contributed by atoms with Gasteiger partial charge in [-0.1, -0.05) is 24.3 Å². The number of thiophene rings is 2. The van der Waals surface area contributed by atoms with Crippen LogP contribution in [0, 0.1) is 6.92 Å². The van der Waals surface area contributed by atoms with E-state index in [-0.39, 0.29) is 17.2 Å². The van der Waals surface area contributed by atoms with Crippen molar-refractivity contribution in [2.45, 2.75) is 11.8 Å². The lowest BCUT2D eigenvalue weighted by Crippen LogP contribution is -2.34. The molecule has 136 valence electrons. The third-order valence-corrected chi connectivity index (χ3v) is 6.94. The monoisotopic (exact) mass is 413 g/mol. The number of nitrogens with zero attached hydrogens (tertiary/aromatic N) is 2. The smallest absolute Gasteiger partial charge is 0.272 e. The maximum absolute atomic E-state index is 12.9. The molecule has 0 bridgehead atoms. The first-order valence-corrected chi connectivity index (χ1v) is 10.9. The first kappa shape index (κ1) is 18.0. The summed E-state index contributed by atoms with van der Waals surface area (Å²) in [5, 5.41) is 4.44. The van der Waals surface area contributed by atoms with Crippen molar-refractivity contribution in [1.29, 1.82) is 0 Å². The second-order valence-corrected chi connectivity index (χ2v) is 8.64. The van der Waals surface area contributed by atoms with Gasteiger partial charge in [0.15, 0.2) is 0 Å². The van der Waals surface area contributed by atoms with E-state index < -0.39 is 0 Å². The lowest BCUT2D eigenvalue weighted by Gasteiger charge is -2.09. The molecule has 4 rings (SSSR count). The Labute approximate surface area is 167 Å². The van der Waals surface area contributed by atoms with Gasteiger partial charge in [-0.3, -0.25) is 15.0 Å². The zero-order valence-corrected chi connectivity index (χ0v) is 16.8. The van der Waals surface area contributed by atoms with Crippen LogP contribution < -0.4 is 11.0 Å². The molecular weight excluding hydrogens is 398 g/mol. The molecule has 0 aliphatic carbocycles. The molecule has 4 aromatic rings. The van der Waals surface area contributed by atoms with Crippen LogP contribution in [0.25, 0.3) is 20.7 Å². The van der Waals surface area contributed by atoms with E-state index in [1.54, 1.807) is 11.3 Å². The van der Waals surface area contributed by atoms with Gasteiger partial charge >= 0.3 is 0 Å². The fraction of sp³-hybridized carbons (Fsp3) is 0.105. The number of hydrogen-bond donors (Lipinski definition) is 1. The molecule has 1 N–H and O–H groups in total. The maximum Gasteiger partial charge on any atom is 0.281 e. The topological polar surface area (TPSA) is 64.0 Å². The third-order valence-electron chi connectivity index (χ3n) is 3.98.